The van der Waals surface area contributed by atoms with Crippen molar-refractivity contribution in [2.24, 2.45) is 0 Å². The van der Waals surface area contributed by atoms with Crippen LogP contribution >= 0.6 is 15.9 Å². The molecular weight excluding hydrogens is 248 g/mol. The Hall–Kier alpha value is -0.900. The number of phenolic OH excluding ortho intramolecular Hbond substituents is 3. The van der Waals surface area contributed by atoms with Gasteiger partial charge in [-0.05, 0) is 0 Å². The maximum atomic E-state index is 9.60. The van der Waals surface area contributed by atoms with Gasteiger partial charge < -0.3 is 15.3 Å². The third-order valence-corrected chi connectivity index (χ3v) is 3.49. The number of halogens is 1. The minimum Gasteiger partial charge on any atom is -0.508 e. The monoisotopic (exact) mass is 260 g/mol. The lowest BCUT2D eigenvalue weighted by Gasteiger charge is -2.24. The van der Waals surface area contributed by atoms with E-state index in [1.165, 1.54) is 12.1 Å². The number of benzene rings is 1. The van der Waals surface area contributed by atoms with Crippen LogP contribution in [-0.2, 0) is 5.41 Å². The molecule has 0 unspecified atom stereocenters. The number of alkyl halides is 1. The first-order valence-electron chi connectivity index (χ1n) is 4.20. The molecule has 0 fully saturated rings. The average Bonchev–Trinajstić information content (AvgIpc) is 2.01. The summed E-state index contributed by atoms with van der Waals surface area (Å²) < 4.78 is 0. The largest absolute Gasteiger partial charge is 0.508 e. The van der Waals surface area contributed by atoms with E-state index in [0.29, 0.717) is 10.9 Å². The number of rotatable bonds is 2. The molecule has 0 aliphatic carbocycles. The van der Waals surface area contributed by atoms with Crippen molar-refractivity contribution >= 4 is 15.9 Å². The number of aromatic hydroxyl groups is 3. The highest BCUT2D eigenvalue weighted by molar-refractivity contribution is 9.09. The summed E-state index contributed by atoms with van der Waals surface area (Å²) in [7, 11) is 0. The van der Waals surface area contributed by atoms with Crippen LogP contribution in [0.3, 0.4) is 0 Å². The Morgan fingerprint density at radius 1 is 1.14 bits per heavy atom. The zero-order chi connectivity index (χ0) is 10.9. The van der Waals surface area contributed by atoms with Crippen LogP contribution in [0.25, 0.3) is 0 Å². The summed E-state index contributed by atoms with van der Waals surface area (Å²) in [6, 6.07) is 2.44. The number of hydrogen-bond acceptors (Lipinski definition) is 3. The van der Waals surface area contributed by atoms with Gasteiger partial charge in [0.1, 0.15) is 17.2 Å². The highest BCUT2D eigenvalue weighted by Crippen LogP contribution is 2.41. The quantitative estimate of drug-likeness (QED) is 0.717. The number of hydrogen-bond donors (Lipinski definition) is 3. The Bertz CT molecular complexity index is 324. The van der Waals surface area contributed by atoms with Crippen LogP contribution in [0.5, 0.6) is 17.2 Å². The Morgan fingerprint density at radius 2 is 1.57 bits per heavy atom. The van der Waals surface area contributed by atoms with Crippen molar-refractivity contribution in [2.75, 3.05) is 5.33 Å². The summed E-state index contributed by atoms with van der Waals surface area (Å²) >= 11 is 3.31. The normalized spacial score (nSPS) is 11.6. The van der Waals surface area contributed by atoms with Gasteiger partial charge in [0.05, 0.1) is 0 Å². The van der Waals surface area contributed by atoms with E-state index >= 15 is 0 Å². The second-order valence-electron chi connectivity index (χ2n) is 3.88. The Kier molecular flexibility index (Phi) is 2.95. The van der Waals surface area contributed by atoms with E-state index in [1.807, 2.05) is 13.8 Å². The molecule has 0 amide bonds. The maximum Gasteiger partial charge on any atom is 0.126 e. The first-order chi connectivity index (χ1) is 6.38. The van der Waals surface area contributed by atoms with Crippen LogP contribution in [0.15, 0.2) is 12.1 Å². The maximum absolute atomic E-state index is 9.60. The first kappa shape index (κ1) is 11.2. The molecule has 0 aromatic heterocycles. The fourth-order valence-corrected chi connectivity index (χ4v) is 1.64. The van der Waals surface area contributed by atoms with Gasteiger partial charge in [-0.3, -0.25) is 0 Å². The highest BCUT2D eigenvalue weighted by atomic mass is 79.9. The SMILES string of the molecule is CC(C)(CBr)c1c(O)cc(O)cc1O. The first-order valence-corrected chi connectivity index (χ1v) is 5.32. The van der Waals surface area contributed by atoms with E-state index < -0.39 is 0 Å². The highest BCUT2D eigenvalue weighted by Gasteiger charge is 2.26. The second-order valence-corrected chi connectivity index (χ2v) is 4.44. The molecule has 1 rings (SSSR count). The third-order valence-electron chi connectivity index (χ3n) is 2.09. The van der Waals surface area contributed by atoms with Gasteiger partial charge in [-0.15, -0.1) is 0 Å². The third kappa shape index (κ3) is 1.95. The summed E-state index contributed by atoms with van der Waals surface area (Å²) in [5.41, 5.74) is 0.0502. The van der Waals surface area contributed by atoms with Crippen molar-refractivity contribution in [1.82, 2.24) is 0 Å². The van der Waals surface area contributed by atoms with Crippen molar-refractivity contribution in [3.05, 3.63) is 17.7 Å². The van der Waals surface area contributed by atoms with Gasteiger partial charge >= 0.3 is 0 Å². The van der Waals surface area contributed by atoms with Crippen molar-refractivity contribution in [3.63, 3.8) is 0 Å². The van der Waals surface area contributed by atoms with E-state index in [0.717, 1.165) is 0 Å². The van der Waals surface area contributed by atoms with E-state index in [-0.39, 0.29) is 22.7 Å². The molecule has 0 heterocycles. The molecule has 1 aromatic rings. The van der Waals surface area contributed by atoms with Crippen LogP contribution in [0, 0.1) is 0 Å². The summed E-state index contributed by atoms with van der Waals surface area (Å²) in [6.07, 6.45) is 0. The Balaban J connectivity index is 3.35. The van der Waals surface area contributed by atoms with Gasteiger partial charge in [0.25, 0.3) is 0 Å². The zero-order valence-corrected chi connectivity index (χ0v) is 9.67. The van der Waals surface area contributed by atoms with E-state index in [1.54, 1.807) is 0 Å². The predicted molar refractivity (Wildman–Crippen MR) is 58.3 cm³/mol. The van der Waals surface area contributed by atoms with Gasteiger partial charge in [-0.25, -0.2) is 0 Å². The molecule has 0 aliphatic rings. The number of phenols is 3. The van der Waals surface area contributed by atoms with E-state index in [2.05, 4.69) is 15.9 Å². The lowest BCUT2D eigenvalue weighted by molar-refractivity contribution is 0.400. The Labute approximate surface area is 91.1 Å². The van der Waals surface area contributed by atoms with Gasteiger partial charge in [0, 0.05) is 28.4 Å². The molecule has 0 bridgehead atoms. The second kappa shape index (κ2) is 3.69. The molecule has 4 heteroatoms. The fraction of sp³-hybridized carbons (Fsp3) is 0.400. The van der Waals surface area contributed by atoms with Crippen molar-refractivity contribution < 1.29 is 15.3 Å². The average molecular weight is 261 g/mol. The molecule has 0 spiro atoms. The Morgan fingerprint density at radius 3 is 1.93 bits per heavy atom. The van der Waals surface area contributed by atoms with Crippen molar-refractivity contribution in [3.8, 4) is 17.2 Å². The van der Waals surface area contributed by atoms with Gasteiger partial charge in [-0.1, -0.05) is 29.8 Å². The van der Waals surface area contributed by atoms with Crippen LogP contribution < -0.4 is 0 Å². The van der Waals surface area contributed by atoms with Crippen LogP contribution in [0.1, 0.15) is 19.4 Å². The smallest absolute Gasteiger partial charge is 0.126 e. The summed E-state index contributed by atoms with van der Waals surface area (Å²) in [5.74, 6) is -0.326. The zero-order valence-electron chi connectivity index (χ0n) is 8.08. The molecule has 0 saturated heterocycles. The standard InChI is InChI=1S/C10H13BrO3/c1-10(2,5-11)9-7(13)3-6(12)4-8(9)14/h3-4,12-14H,5H2,1-2H3. The van der Waals surface area contributed by atoms with Crippen molar-refractivity contribution in [1.29, 1.82) is 0 Å². The van der Waals surface area contributed by atoms with Crippen LogP contribution in [-0.4, -0.2) is 20.6 Å². The van der Waals surface area contributed by atoms with Crippen LogP contribution in [0.2, 0.25) is 0 Å². The van der Waals surface area contributed by atoms with Gasteiger partial charge in [0.15, 0.2) is 0 Å². The van der Waals surface area contributed by atoms with E-state index in [4.69, 9.17) is 5.11 Å². The molecule has 3 N–H and O–H groups in total. The van der Waals surface area contributed by atoms with Crippen LogP contribution in [0.4, 0.5) is 0 Å². The summed E-state index contributed by atoms with van der Waals surface area (Å²) in [4.78, 5) is 0. The van der Waals surface area contributed by atoms with Crippen molar-refractivity contribution in [2.45, 2.75) is 19.3 Å². The molecule has 78 valence electrons. The summed E-state index contributed by atoms with van der Waals surface area (Å²) in [6.45, 7) is 3.77. The molecule has 0 aliphatic heterocycles. The molecule has 0 radical (unpaired) electrons. The lowest BCUT2D eigenvalue weighted by Crippen LogP contribution is -2.19. The summed E-state index contributed by atoms with van der Waals surface area (Å²) in [5, 5.41) is 28.9. The molecule has 0 atom stereocenters. The molecular formula is C10H13BrO3. The molecule has 3 nitrogen and oxygen atoms in total. The fourth-order valence-electron chi connectivity index (χ4n) is 1.36. The van der Waals surface area contributed by atoms with E-state index in [9.17, 15) is 10.2 Å². The molecule has 1 aromatic carbocycles. The minimum absolute atomic E-state index is 0.0908. The topological polar surface area (TPSA) is 60.7 Å². The van der Waals surface area contributed by atoms with Gasteiger partial charge in [0.2, 0.25) is 0 Å². The van der Waals surface area contributed by atoms with Gasteiger partial charge in [-0.2, -0.15) is 0 Å². The molecule has 14 heavy (non-hydrogen) atoms. The predicted octanol–water partition coefficient (Wildman–Crippen LogP) is 2.48. The lowest BCUT2D eigenvalue weighted by atomic mass is 9.85. The molecule has 0 saturated carbocycles. The minimum atomic E-state index is -0.387.